The van der Waals surface area contributed by atoms with E-state index >= 15 is 0 Å². The first-order chi connectivity index (χ1) is 12.5. The molecule has 10 heteroatoms. The maximum absolute atomic E-state index is 12.1. The SMILES string of the molecule is COc1ccc(SCC(=O)Nc2nc(-c3cc([N+](=O)[O-])cs3)cs2)cc1. The molecule has 2 aromatic heterocycles. The zero-order valence-corrected chi connectivity index (χ0v) is 16.0. The highest BCUT2D eigenvalue weighted by Gasteiger charge is 2.14. The maximum Gasteiger partial charge on any atom is 0.280 e. The Balaban J connectivity index is 1.55. The summed E-state index contributed by atoms with van der Waals surface area (Å²) in [6, 6.07) is 8.94. The molecule has 0 spiro atoms. The monoisotopic (exact) mass is 407 g/mol. The molecular formula is C16H13N3O4S3. The molecule has 2 heterocycles. The molecule has 0 unspecified atom stereocenters. The second-order valence-corrected chi connectivity index (χ2v) is 7.79. The molecule has 26 heavy (non-hydrogen) atoms. The second-order valence-electron chi connectivity index (χ2n) is 4.98. The zero-order valence-electron chi connectivity index (χ0n) is 13.5. The predicted molar refractivity (Wildman–Crippen MR) is 104 cm³/mol. The second kappa shape index (κ2) is 8.30. The van der Waals surface area contributed by atoms with Gasteiger partial charge in [-0.2, -0.15) is 0 Å². The molecule has 0 saturated heterocycles. The number of nitrogens with one attached hydrogen (secondary N) is 1. The van der Waals surface area contributed by atoms with Gasteiger partial charge >= 0.3 is 0 Å². The third-order valence-corrected chi connectivity index (χ3v) is 5.94. The summed E-state index contributed by atoms with van der Waals surface area (Å²) in [5.74, 6) is 0.859. The minimum atomic E-state index is -0.439. The minimum Gasteiger partial charge on any atom is -0.497 e. The van der Waals surface area contributed by atoms with Crippen molar-refractivity contribution < 1.29 is 14.5 Å². The number of carbonyl (C=O) groups is 1. The van der Waals surface area contributed by atoms with E-state index < -0.39 is 4.92 Å². The van der Waals surface area contributed by atoms with Gasteiger partial charge in [0.25, 0.3) is 5.69 Å². The molecule has 0 saturated carbocycles. The van der Waals surface area contributed by atoms with E-state index in [0.717, 1.165) is 10.6 Å². The molecule has 0 fully saturated rings. The topological polar surface area (TPSA) is 94.4 Å². The van der Waals surface area contributed by atoms with Gasteiger partial charge in [-0.05, 0) is 24.3 Å². The summed E-state index contributed by atoms with van der Waals surface area (Å²) in [5.41, 5.74) is 0.658. The first kappa shape index (κ1) is 18.4. The van der Waals surface area contributed by atoms with Crippen molar-refractivity contribution in [1.82, 2.24) is 4.98 Å². The molecule has 7 nitrogen and oxygen atoms in total. The standard InChI is InChI=1S/C16H13N3O4S3/c1-23-11-2-4-12(5-3-11)24-9-15(20)18-16-17-13(8-26-16)14-6-10(7-25-14)19(21)22/h2-8H,9H2,1H3,(H,17,18,20). The molecule has 0 bridgehead atoms. The van der Waals surface area contributed by atoms with Crippen LogP contribution < -0.4 is 10.1 Å². The van der Waals surface area contributed by atoms with Crippen LogP contribution in [0.4, 0.5) is 10.8 Å². The third kappa shape index (κ3) is 4.59. The molecule has 0 aliphatic heterocycles. The van der Waals surface area contributed by atoms with E-state index in [-0.39, 0.29) is 17.3 Å². The number of nitrogens with zero attached hydrogens (tertiary/aromatic N) is 2. The van der Waals surface area contributed by atoms with Crippen molar-refractivity contribution >= 4 is 51.2 Å². The van der Waals surface area contributed by atoms with Crippen LogP contribution in [0.15, 0.2) is 46.0 Å². The van der Waals surface area contributed by atoms with Gasteiger partial charge in [-0.1, -0.05) is 0 Å². The lowest BCUT2D eigenvalue weighted by Gasteiger charge is -2.03. The van der Waals surface area contributed by atoms with Crippen LogP contribution in [-0.4, -0.2) is 28.7 Å². The van der Waals surface area contributed by atoms with E-state index in [2.05, 4.69) is 10.3 Å². The number of methoxy groups -OCH3 is 1. The molecule has 0 aliphatic carbocycles. The van der Waals surface area contributed by atoms with Crippen molar-refractivity contribution in [2.24, 2.45) is 0 Å². The number of thiazole rings is 1. The summed E-state index contributed by atoms with van der Waals surface area (Å²) in [5, 5.41) is 17.2. The average molecular weight is 407 g/mol. The van der Waals surface area contributed by atoms with Crippen molar-refractivity contribution in [3.8, 4) is 16.3 Å². The molecule has 1 aromatic carbocycles. The van der Waals surface area contributed by atoms with Crippen molar-refractivity contribution in [2.75, 3.05) is 18.2 Å². The number of nitro groups is 1. The molecule has 134 valence electrons. The Morgan fingerprint density at radius 3 is 2.73 bits per heavy atom. The van der Waals surface area contributed by atoms with E-state index in [0.29, 0.717) is 15.7 Å². The highest BCUT2D eigenvalue weighted by atomic mass is 32.2. The van der Waals surface area contributed by atoms with Gasteiger partial charge in [0.15, 0.2) is 5.13 Å². The van der Waals surface area contributed by atoms with Crippen LogP contribution >= 0.6 is 34.4 Å². The Kier molecular flexibility index (Phi) is 5.86. The Bertz CT molecular complexity index is 921. The third-order valence-electron chi connectivity index (χ3n) is 3.23. The number of hydrogen-bond acceptors (Lipinski definition) is 8. The van der Waals surface area contributed by atoms with Gasteiger partial charge in [0.1, 0.15) is 5.75 Å². The molecule has 0 atom stereocenters. The molecular weight excluding hydrogens is 394 g/mol. The molecule has 0 aliphatic rings. The summed E-state index contributed by atoms with van der Waals surface area (Å²) < 4.78 is 5.10. The number of thiophene rings is 1. The zero-order chi connectivity index (χ0) is 18.5. The highest BCUT2D eigenvalue weighted by Crippen LogP contribution is 2.33. The van der Waals surface area contributed by atoms with Gasteiger partial charge in [0.2, 0.25) is 5.91 Å². The summed E-state index contributed by atoms with van der Waals surface area (Å²) in [4.78, 5) is 28.4. The van der Waals surface area contributed by atoms with E-state index in [9.17, 15) is 14.9 Å². The number of benzene rings is 1. The lowest BCUT2D eigenvalue weighted by molar-refractivity contribution is -0.384. The van der Waals surface area contributed by atoms with E-state index in [4.69, 9.17) is 4.74 Å². The van der Waals surface area contributed by atoms with Crippen molar-refractivity contribution in [3.05, 3.63) is 51.2 Å². The number of aromatic nitrogens is 1. The number of carbonyl (C=O) groups excluding carboxylic acids is 1. The van der Waals surface area contributed by atoms with Gasteiger partial charge in [-0.3, -0.25) is 14.9 Å². The van der Waals surface area contributed by atoms with Gasteiger partial charge in [-0.15, -0.1) is 34.4 Å². The molecule has 1 N–H and O–H groups in total. The van der Waals surface area contributed by atoms with Crippen LogP contribution in [0.3, 0.4) is 0 Å². The van der Waals surface area contributed by atoms with Gasteiger partial charge in [0, 0.05) is 16.3 Å². The number of anilines is 1. The van der Waals surface area contributed by atoms with Crippen LogP contribution in [0.5, 0.6) is 5.75 Å². The van der Waals surface area contributed by atoms with Crippen LogP contribution in [0.25, 0.3) is 10.6 Å². The van der Waals surface area contributed by atoms with Crippen molar-refractivity contribution in [1.29, 1.82) is 0 Å². The molecule has 0 radical (unpaired) electrons. The minimum absolute atomic E-state index is 0.0412. The fraction of sp³-hybridized carbons (Fsp3) is 0.125. The number of hydrogen-bond donors (Lipinski definition) is 1. The van der Waals surface area contributed by atoms with Gasteiger partial charge in [-0.25, -0.2) is 4.98 Å². The first-order valence-electron chi connectivity index (χ1n) is 7.30. The van der Waals surface area contributed by atoms with Gasteiger partial charge < -0.3 is 10.1 Å². The Hall–Kier alpha value is -2.43. The summed E-state index contributed by atoms with van der Waals surface area (Å²) in [6.45, 7) is 0. The predicted octanol–water partition coefficient (Wildman–Crippen LogP) is 4.52. The Labute approximate surface area is 161 Å². The van der Waals surface area contributed by atoms with Crippen LogP contribution in [-0.2, 0) is 4.79 Å². The first-order valence-corrected chi connectivity index (χ1v) is 10.0. The fourth-order valence-corrected chi connectivity index (χ4v) is 4.29. The smallest absolute Gasteiger partial charge is 0.280 e. The summed E-state index contributed by atoms with van der Waals surface area (Å²) >= 11 is 3.95. The van der Waals surface area contributed by atoms with E-state index in [1.54, 1.807) is 12.5 Å². The lowest BCUT2D eigenvalue weighted by Crippen LogP contribution is -2.13. The number of rotatable bonds is 7. The summed E-state index contributed by atoms with van der Waals surface area (Å²) in [6.07, 6.45) is 0. The molecule has 3 rings (SSSR count). The van der Waals surface area contributed by atoms with Crippen LogP contribution in [0.2, 0.25) is 0 Å². The lowest BCUT2D eigenvalue weighted by atomic mass is 10.3. The molecule has 3 aromatic rings. The summed E-state index contributed by atoms with van der Waals surface area (Å²) in [7, 11) is 1.60. The van der Waals surface area contributed by atoms with Gasteiger partial charge in [0.05, 0.1) is 33.7 Å². The van der Waals surface area contributed by atoms with Crippen LogP contribution in [0, 0.1) is 10.1 Å². The Morgan fingerprint density at radius 2 is 2.08 bits per heavy atom. The normalized spacial score (nSPS) is 10.5. The average Bonchev–Trinajstić information content (AvgIpc) is 3.29. The largest absolute Gasteiger partial charge is 0.497 e. The number of ether oxygens (including phenoxy) is 1. The van der Waals surface area contributed by atoms with E-state index in [1.165, 1.54) is 45.9 Å². The quantitative estimate of drug-likeness (QED) is 0.352. The Morgan fingerprint density at radius 1 is 1.31 bits per heavy atom. The highest BCUT2D eigenvalue weighted by molar-refractivity contribution is 8.00. The fourth-order valence-electron chi connectivity index (χ4n) is 1.98. The van der Waals surface area contributed by atoms with Crippen molar-refractivity contribution in [3.63, 3.8) is 0 Å². The van der Waals surface area contributed by atoms with E-state index in [1.807, 2.05) is 24.3 Å². The maximum atomic E-state index is 12.1. The van der Waals surface area contributed by atoms with Crippen LogP contribution in [0.1, 0.15) is 0 Å². The molecule has 1 amide bonds. The number of thioether (sulfide) groups is 1. The number of amides is 1. The van der Waals surface area contributed by atoms with Crippen molar-refractivity contribution in [2.45, 2.75) is 4.90 Å².